The molecule has 2 aromatic heterocycles. The van der Waals surface area contributed by atoms with Gasteiger partial charge in [-0.3, -0.25) is 9.30 Å². The molecule has 0 radical (unpaired) electrons. The number of likely N-dealkylation sites (tertiary alicyclic amines) is 1. The summed E-state index contributed by atoms with van der Waals surface area (Å²) < 4.78 is 2.07. The van der Waals surface area contributed by atoms with Gasteiger partial charge < -0.3 is 4.90 Å². The van der Waals surface area contributed by atoms with E-state index in [2.05, 4.69) is 68.5 Å². The molecule has 3 aromatic rings. The lowest BCUT2D eigenvalue weighted by Crippen LogP contribution is -2.51. The summed E-state index contributed by atoms with van der Waals surface area (Å²) in [7, 11) is 2.16. The fourth-order valence-electron chi connectivity index (χ4n) is 3.86. The van der Waals surface area contributed by atoms with Crippen LogP contribution in [0.25, 0.3) is 5.65 Å². The molecule has 4 rings (SSSR count). The second-order valence-corrected chi connectivity index (χ2v) is 7.07. The molecule has 0 saturated carbocycles. The SMILES string of the molecule is C[C@@H]1CCN(Cc2ccccc2)C[C@@H]1N(C)c1ncnc2cccn12. The first-order valence-corrected chi connectivity index (χ1v) is 8.99. The van der Waals surface area contributed by atoms with Gasteiger partial charge in [-0.1, -0.05) is 37.3 Å². The van der Waals surface area contributed by atoms with Crippen LogP contribution in [0.15, 0.2) is 55.0 Å². The maximum Gasteiger partial charge on any atom is 0.212 e. The Kier molecular flexibility index (Phi) is 4.40. The standard InChI is InChI=1S/C20H25N5/c1-16-10-12-24(13-17-7-4-3-5-8-17)14-18(16)23(2)20-22-15-21-19-9-6-11-25(19)20/h3-9,11,15-16,18H,10,12-14H2,1-2H3/t16-,18+/m1/s1. The maximum absolute atomic E-state index is 4.56. The summed E-state index contributed by atoms with van der Waals surface area (Å²) in [5, 5.41) is 0. The predicted molar refractivity (Wildman–Crippen MR) is 101 cm³/mol. The number of aromatic nitrogens is 3. The molecule has 3 heterocycles. The van der Waals surface area contributed by atoms with Crippen molar-refractivity contribution in [2.24, 2.45) is 5.92 Å². The van der Waals surface area contributed by atoms with Crippen LogP contribution in [0.5, 0.6) is 0 Å². The van der Waals surface area contributed by atoms with Crippen molar-refractivity contribution in [3.05, 3.63) is 60.6 Å². The van der Waals surface area contributed by atoms with Gasteiger partial charge in [0.15, 0.2) is 0 Å². The van der Waals surface area contributed by atoms with Gasteiger partial charge in [-0.25, -0.2) is 9.97 Å². The molecule has 0 bridgehead atoms. The summed E-state index contributed by atoms with van der Waals surface area (Å²) >= 11 is 0. The highest BCUT2D eigenvalue weighted by Gasteiger charge is 2.30. The summed E-state index contributed by atoms with van der Waals surface area (Å²) in [6.07, 6.45) is 4.91. The lowest BCUT2D eigenvalue weighted by molar-refractivity contribution is 0.158. The van der Waals surface area contributed by atoms with Crippen molar-refractivity contribution >= 4 is 11.6 Å². The first-order valence-electron chi connectivity index (χ1n) is 8.99. The molecule has 1 fully saturated rings. The third kappa shape index (κ3) is 3.24. The summed E-state index contributed by atoms with van der Waals surface area (Å²) in [6, 6.07) is 15.2. The monoisotopic (exact) mass is 335 g/mol. The Morgan fingerprint density at radius 3 is 2.80 bits per heavy atom. The summed E-state index contributed by atoms with van der Waals surface area (Å²) in [4.78, 5) is 13.8. The molecule has 25 heavy (non-hydrogen) atoms. The zero-order valence-electron chi connectivity index (χ0n) is 14.9. The highest BCUT2D eigenvalue weighted by molar-refractivity contribution is 5.46. The van der Waals surface area contributed by atoms with E-state index in [4.69, 9.17) is 0 Å². The smallest absolute Gasteiger partial charge is 0.212 e. The van der Waals surface area contributed by atoms with Gasteiger partial charge in [0.1, 0.15) is 12.0 Å². The Balaban J connectivity index is 1.54. The molecule has 2 atom stereocenters. The lowest BCUT2D eigenvalue weighted by atomic mass is 9.92. The minimum Gasteiger partial charge on any atom is -0.340 e. The fraction of sp³-hybridized carbons (Fsp3) is 0.400. The maximum atomic E-state index is 4.56. The number of nitrogens with zero attached hydrogens (tertiary/aromatic N) is 5. The summed E-state index contributed by atoms with van der Waals surface area (Å²) in [5.41, 5.74) is 2.33. The number of hydrogen-bond donors (Lipinski definition) is 0. The first kappa shape index (κ1) is 16.1. The number of piperidine rings is 1. The van der Waals surface area contributed by atoms with Gasteiger partial charge in [-0.05, 0) is 36.6 Å². The Morgan fingerprint density at radius 2 is 1.96 bits per heavy atom. The number of fused-ring (bicyclic) bond motifs is 1. The molecule has 5 nitrogen and oxygen atoms in total. The van der Waals surface area contributed by atoms with Gasteiger partial charge in [0.05, 0.1) is 0 Å². The van der Waals surface area contributed by atoms with E-state index < -0.39 is 0 Å². The zero-order valence-corrected chi connectivity index (χ0v) is 14.9. The van der Waals surface area contributed by atoms with E-state index in [0.717, 1.165) is 31.2 Å². The molecule has 1 saturated heterocycles. The molecule has 1 aliphatic heterocycles. The minimum absolute atomic E-state index is 0.443. The van der Waals surface area contributed by atoms with E-state index in [1.54, 1.807) is 6.33 Å². The lowest BCUT2D eigenvalue weighted by Gasteiger charge is -2.42. The van der Waals surface area contributed by atoms with Crippen LogP contribution in [0.2, 0.25) is 0 Å². The minimum atomic E-state index is 0.443. The van der Waals surface area contributed by atoms with Crippen LogP contribution in [0, 0.1) is 5.92 Å². The van der Waals surface area contributed by atoms with E-state index >= 15 is 0 Å². The van der Waals surface area contributed by atoms with Crippen molar-refractivity contribution in [3.8, 4) is 0 Å². The van der Waals surface area contributed by atoms with Gasteiger partial charge in [-0.15, -0.1) is 0 Å². The highest BCUT2D eigenvalue weighted by Crippen LogP contribution is 2.26. The van der Waals surface area contributed by atoms with Crippen molar-refractivity contribution in [2.45, 2.75) is 25.9 Å². The number of anilines is 1. The summed E-state index contributed by atoms with van der Waals surface area (Å²) in [5.74, 6) is 1.60. The average Bonchev–Trinajstić information content (AvgIpc) is 3.12. The van der Waals surface area contributed by atoms with Gasteiger partial charge in [0.25, 0.3) is 0 Å². The molecule has 0 aliphatic carbocycles. The number of benzene rings is 1. The predicted octanol–water partition coefficient (Wildman–Crippen LogP) is 3.08. The number of rotatable bonds is 4. The Hall–Kier alpha value is -2.40. The second kappa shape index (κ2) is 6.84. The van der Waals surface area contributed by atoms with Crippen molar-refractivity contribution < 1.29 is 0 Å². The fourth-order valence-corrected chi connectivity index (χ4v) is 3.86. The number of likely N-dealkylation sites (N-methyl/N-ethyl adjacent to an activating group) is 1. The molecule has 0 amide bonds. The normalized spacial score (nSPS) is 21.5. The average molecular weight is 335 g/mol. The highest BCUT2D eigenvalue weighted by atomic mass is 15.3. The zero-order chi connectivity index (χ0) is 17.2. The largest absolute Gasteiger partial charge is 0.340 e. The van der Waals surface area contributed by atoms with Crippen LogP contribution in [0.4, 0.5) is 5.95 Å². The molecular formula is C20H25N5. The van der Waals surface area contributed by atoms with Crippen LogP contribution in [0.3, 0.4) is 0 Å². The molecule has 0 N–H and O–H groups in total. The van der Waals surface area contributed by atoms with Gasteiger partial charge in [0, 0.05) is 32.4 Å². The van der Waals surface area contributed by atoms with Crippen LogP contribution >= 0.6 is 0 Å². The third-order valence-electron chi connectivity index (χ3n) is 5.37. The van der Waals surface area contributed by atoms with Crippen LogP contribution in [-0.4, -0.2) is 45.4 Å². The topological polar surface area (TPSA) is 36.7 Å². The molecule has 0 spiro atoms. The Labute approximate surface area is 148 Å². The van der Waals surface area contributed by atoms with Gasteiger partial charge in [0.2, 0.25) is 5.95 Å². The van der Waals surface area contributed by atoms with E-state index in [1.165, 1.54) is 12.0 Å². The van der Waals surface area contributed by atoms with Crippen LogP contribution in [-0.2, 0) is 6.54 Å². The molecule has 0 unspecified atom stereocenters. The number of hydrogen-bond acceptors (Lipinski definition) is 4. The van der Waals surface area contributed by atoms with Crippen molar-refractivity contribution in [2.75, 3.05) is 25.0 Å². The molecule has 5 heteroatoms. The molecule has 130 valence electrons. The van der Waals surface area contributed by atoms with E-state index in [-0.39, 0.29) is 0 Å². The van der Waals surface area contributed by atoms with Gasteiger partial charge in [-0.2, -0.15) is 0 Å². The van der Waals surface area contributed by atoms with E-state index in [9.17, 15) is 0 Å². The first-order chi connectivity index (χ1) is 12.2. The quantitative estimate of drug-likeness (QED) is 0.734. The molecule has 1 aliphatic rings. The van der Waals surface area contributed by atoms with Gasteiger partial charge >= 0.3 is 0 Å². The van der Waals surface area contributed by atoms with Crippen LogP contribution < -0.4 is 4.90 Å². The van der Waals surface area contributed by atoms with Crippen molar-refractivity contribution in [3.63, 3.8) is 0 Å². The van der Waals surface area contributed by atoms with E-state index in [1.807, 2.05) is 18.3 Å². The second-order valence-electron chi connectivity index (χ2n) is 7.07. The van der Waals surface area contributed by atoms with Crippen molar-refractivity contribution in [1.29, 1.82) is 0 Å². The van der Waals surface area contributed by atoms with E-state index in [0.29, 0.717) is 12.0 Å². The third-order valence-corrected chi connectivity index (χ3v) is 5.37. The Bertz CT molecular complexity index is 828. The summed E-state index contributed by atoms with van der Waals surface area (Å²) in [6.45, 7) is 5.58. The molecule has 1 aromatic carbocycles. The van der Waals surface area contributed by atoms with Crippen LogP contribution in [0.1, 0.15) is 18.9 Å². The van der Waals surface area contributed by atoms with Crippen molar-refractivity contribution in [1.82, 2.24) is 19.3 Å². The molecular weight excluding hydrogens is 310 g/mol. The Morgan fingerprint density at radius 1 is 1.12 bits per heavy atom.